The zero-order valence-corrected chi connectivity index (χ0v) is 10.5. The van der Waals surface area contributed by atoms with Gasteiger partial charge in [-0.25, -0.2) is 8.42 Å². The van der Waals surface area contributed by atoms with E-state index in [2.05, 4.69) is 0 Å². The highest BCUT2D eigenvalue weighted by Crippen LogP contribution is 2.16. The second-order valence-corrected chi connectivity index (χ2v) is 5.38. The maximum absolute atomic E-state index is 11.2. The molecular weight excluding hydrogens is 238 g/mol. The highest BCUT2D eigenvalue weighted by molar-refractivity contribution is 7.95. The molecule has 0 saturated carbocycles. The fourth-order valence-corrected chi connectivity index (χ4v) is 1.72. The Labute approximate surface area is 101 Å². The number of hydrogen-bond acceptors (Lipinski definition) is 4. The fraction of sp³-hybridized carbons (Fsp3) is 0.250. The van der Waals surface area contributed by atoms with Crippen LogP contribution in [0.3, 0.4) is 0 Å². The summed E-state index contributed by atoms with van der Waals surface area (Å²) in [7, 11) is -3.46. The molecule has 17 heavy (non-hydrogen) atoms. The molecule has 0 heterocycles. The van der Waals surface area contributed by atoms with E-state index in [-0.39, 0.29) is 4.91 Å². The van der Waals surface area contributed by atoms with E-state index in [1.807, 2.05) is 6.92 Å². The van der Waals surface area contributed by atoms with E-state index in [0.29, 0.717) is 17.9 Å². The van der Waals surface area contributed by atoms with Crippen LogP contribution in [-0.2, 0) is 9.84 Å². The molecule has 0 unspecified atom stereocenters. The molecule has 90 valence electrons. The summed E-state index contributed by atoms with van der Waals surface area (Å²) in [5.74, 6) is 0.711. The van der Waals surface area contributed by atoms with Crippen molar-refractivity contribution in [3.8, 4) is 11.8 Å². The third-order valence-corrected chi connectivity index (χ3v) is 3.01. The molecule has 0 atom stereocenters. The molecule has 0 aliphatic carbocycles. The molecule has 1 aromatic carbocycles. The molecule has 0 amide bonds. The summed E-state index contributed by atoms with van der Waals surface area (Å²) in [5.41, 5.74) is 0.649. The van der Waals surface area contributed by atoms with Gasteiger partial charge in [0, 0.05) is 6.26 Å². The van der Waals surface area contributed by atoms with E-state index in [4.69, 9.17) is 10.00 Å². The molecular formula is C12H13NO3S. The Balaban J connectivity index is 3.03. The molecule has 1 aromatic rings. The molecule has 0 bridgehead atoms. The first-order chi connectivity index (χ1) is 7.97. The second-order valence-electron chi connectivity index (χ2n) is 3.39. The summed E-state index contributed by atoms with van der Waals surface area (Å²) in [5, 5.41) is 8.74. The maximum atomic E-state index is 11.2. The number of allylic oxidation sites excluding steroid dienone is 1. The van der Waals surface area contributed by atoms with Crippen LogP contribution in [0.4, 0.5) is 0 Å². The molecule has 0 aliphatic heterocycles. The summed E-state index contributed by atoms with van der Waals surface area (Å²) >= 11 is 0. The quantitative estimate of drug-likeness (QED) is 0.767. The van der Waals surface area contributed by atoms with Crippen molar-refractivity contribution < 1.29 is 13.2 Å². The molecule has 0 fully saturated rings. The molecule has 0 saturated heterocycles. The Kier molecular flexibility index (Phi) is 4.30. The normalized spacial score (nSPS) is 11.9. The minimum Gasteiger partial charge on any atom is -0.494 e. The van der Waals surface area contributed by atoms with Crippen LogP contribution in [0.5, 0.6) is 5.75 Å². The molecule has 0 aliphatic rings. The van der Waals surface area contributed by atoms with Crippen molar-refractivity contribution in [2.24, 2.45) is 0 Å². The van der Waals surface area contributed by atoms with Crippen LogP contribution < -0.4 is 4.74 Å². The zero-order chi connectivity index (χ0) is 12.9. The number of benzene rings is 1. The molecule has 0 aromatic heterocycles. The number of rotatable bonds is 4. The standard InChI is InChI=1S/C12H13NO3S/c1-3-16-11-6-4-10(5-7-11)8-12(9-13)17(2,14)15/h4-8H,3H2,1-2H3. The van der Waals surface area contributed by atoms with Gasteiger partial charge in [-0.1, -0.05) is 12.1 Å². The average Bonchev–Trinajstić information content (AvgIpc) is 2.27. The van der Waals surface area contributed by atoms with Gasteiger partial charge in [0.2, 0.25) is 0 Å². The Hall–Kier alpha value is -1.80. The van der Waals surface area contributed by atoms with Crippen molar-refractivity contribution in [2.45, 2.75) is 6.92 Å². The predicted octanol–water partition coefficient (Wildman–Crippen LogP) is 1.99. The minimum atomic E-state index is -3.46. The summed E-state index contributed by atoms with van der Waals surface area (Å²) in [4.78, 5) is -0.248. The van der Waals surface area contributed by atoms with Crippen LogP contribution in [0.1, 0.15) is 12.5 Å². The highest BCUT2D eigenvalue weighted by atomic mass is 32.2. The average molecular weight is 251 g/mol. The van der Waals surface area contributed by atoms with Gasteiger partial charge in [0.25, 0.3) is 0 Å². The Morgan fingerprint density at radius 1 is 1.41 bits per heavy atom. The molecule has 0 radical (unpaired) electrons. The topological polar surface area (TPSA) is 67.2 Å². The van der Waals surface area contributed by atoms with Crippen LogP contribution >= 0.6 is 0 Å². The van der Waals surface area contributed by atoms with Crippen LogP contribution in [-0.4, -0.2) is 21.3 Å². The Bertz CT molecular complexity index is 550. The summed E-state index contributed by atoms with van der Waals surface area (Å²) < 4.78 is 27.7. The SMILES string of the molecule is CCOc1ccc(C=C(C#N)S(C)(=O)=O)cc1. The first-order valence-corrected chi connectivity index (χ1v) is 6.91. The van der Waals surface area contributed by atoms with Gasteiger partial charge in [-0.15, -0.1) is 0 Å². The number of hydrogen-bond donors (Lipinski definition) is 0. The van der Waals surface area contributed by atoms with Gasteiger partial charge in [0.1, 0.15) is 16.7 Å². The molecule has 5 heteroatoms. The van der Waals surface area contributed by atoms with E-state index in [0.717, 1.165) is 6.26 Å². The zero-order valence-electron chi connectivity index (χ0n) is 9.67. The summed E-state index contributed by atoms with van der Waals surface area (Å²) in [6, 6.07) is 8.53. The second kappa shape index (κ2) is 5.51. The first-order valence-electron chi connectivity index (χ1n) is 5.02. The van der Waals surface area contributed by atoms with Gasteiger partial charge >= 0.3 is 0 Å². The van der Waals surface area contributed by atoms with Crippen LogP contribution in [0.2, 0.25) is 0 Å². The Morgan fingerprint density at radius 3 is 2.41 bits per heavy atom. The maximum Gasteiger partial charge on any atom is 0.185 e. The van der Waals surface area contributed by atoms with Crippen LogP contribution in [0.15, 0.2) is 29.2 Å². The first kappa shape index (κ1) is 13.3. The lowest BCUT2D eigenvalue weighted by atomic mass is 10.2. The van der Waals surface area contributed by atoms with Crippen molar-refractivity contribution in [1.29, 1.82) is 5.26 Å². The number of ether oxygens (including phenoxy) is 1. The van der Waals surface area contributed by atoms with E-state index >= 15 is 0 Å². The highest BCUT2D eigenvalue weighted by Gasteiger charge is 2.09. The monoisotopic (exact) mass is 251 g/mol. The fourth-order valence-electron chi connectivity index (χ4n) is 1.20. The number of nitrogens with zero attached hydrogens (tertiary/aromatic N) is 1. The van der Waals surface area contributed by atoms with E-state index in [9.17, 15) is 8.42 Å². The van der Waals surface area contributed by atoms with E-state index in [1.54, 1.807) is 30.3 Å². The molecule has 4 nitrogen and oxygen atoms in total. The minimum absolute atomic E-state index is 0.248. The van der Waals surface area contributed by atoms with Gasteiger partial charge in [-0.3, -0.25) is 0 Å². The van der Waals surface area contributed by atoms with E-state index in [1.165, 1.54) is 6.08 Å². The van der Waals surface area contributed by atoms with Crippen molar-refractivity contribution in [3.63, 3.8) is 0 Å². The van der Waals surface area contributed by atoms with Gasteiger partial charge in [0.05, 0.1) is 6.61 Å². The largest absolute Gasteiger partial charge is 0.494 e. The van der Waals surface area contributed by atoms with Crippen molar-refractivity contribution in [1.82, 2.24) is 0 Å². The van der Waals surface area contributed by atoms with Crippen molar-refractivity contribution in [3.05, 3.63) is 34.7 Å². The van der Waals surface area contributed by atoms with E-state index < -0.39 is 9.84 Å². The lowest BCUT2D eigenvalue weighted by Crippen LogP contribution is -1.98. The van der Waals surface area contributed by atoms with Gasteiger partial charge in [-0.2, -0.15) is 5.26 Å². The summed E-state index contributed by atoms with van der Waals surface area (Å²) in [6.07, 6.45) is 2.35. The third-order valence-electron chi connectivity index (χ3n) is 2.00. The smallest absolute Gasteiger partial charge is 0.185 e. The molecule has 1 rings (SSSR count). The van der Waals surface area contributed by atoms with Crippen LogP contribution in [0, 0.1) is 11.3 Å². The van der Waals surface area contributed by atoms with Gasteiger partial charge in [-0.05, 0) is 30.7 Å². The van der Waals surface area contributed by atoms with Gasteiger partial charge in [0.15, 0.2) is 9.84 Å². The Morgan fingerprint density at radius 2 is 2.00 bits per heavy atom. The predicted molar refractivity (Wildman–Crippen MR) is 66.0 cm³/mol. The third kappa shape index (κ3) is 3.93. The molecule has 0 N–H and O–H groups in total. The lowest BCUT2D eigenvalue weighted by Gasteiger charge is -2.02. The van der Waals surface area contributed by atoms with Crippen LogP contribution in [0.25, 0.3) is 6.08 Å². The van der Waals surface area contributed by atoms with Crippen molar-refractivity contribution >= 4 is 15.9 Å². The lowest BCUT2D eigenvalue weighted by molar-refractivity contribution is 0.340. The van der Waals surface area contributed by atoms with Crippen molar-refractivity contribution in [2.75, 3.05) is 12.9 Å². The number of sulfone groups is 1. The summed E-state index contributed by atoms with van der Waals surface area (Å²) in [6.45, 7) is 2.45. The van der Waals surface area contributed by atoms with Gasteiger partial charge < -0.3 is 4.74 Å². The number of nitriles is 1. The molecule has 0 spiro atoms.